The molecule has 0 saturated heterocycles. The number of allylic oxidation sites excluding steroid dienone is 2. The minimum absolute atomic E-state index is 0. The standard InChI is InChI=1S/C44H29F3NS2.C13H24O2.Ir/c1-43(2,3)35-21-26(20-25-12-4-5-13-27(25)35)37-22-34(36(24-48-37)44(45,46)47)38-23-39-42(49-38)40-32-18-10-8-16-30(32)28-14-6-7-15-29(28)31-17-9-11-19-33(31)41(40)50-39;1-5-10(6-2)12(14)9-13(15)11(7-3)8-4;/h4-19,21-24H,1-3H3;9-11,14H,5-8H2,1-4H3;/q-1;;/b;12-9-;. The van der Waals surface area contributed by atoms with E-state index in [1.165, 1.54) is 17.4 Å². The zero-order valence-electron chi connectivity index (χ0n) is 38.2. The zero-order valence-corrected chi connectivity index (χ0v) is 42.2. The van der Waals surface area contributed by atoms with Gasteiger partial charge < -0.3 is 5.11 Å². The van der Waals surface area contributed by atoms with Gasteiger partial charge in [0.05, 0.1) is 16.0 Å². The number of alkyl halides is 3. The van der Waals surface area contributed by atoms with E-state index in [1.54, 1.807) is 17.4 Å². The van der Waals surface area contributed by atoms with Crippen LogP contribution in [0.15, 0.2) is 133 Å². The molecule has 3 nitrogen and oxygen atoms in total. The summed E-state index contributed by atoms with van der Waals surface area (Å²) in [6.07, 6.45) is 1.32. The van der Waals surface area contributed by atoms with Gasteiger partial charge in [-0.3, -0.25) is 9.78 Å². The molecule has 1 aliphatic rings. The summed E-state index contributed by atoms with van der Waals surface area (Å²) in [6, 6.07) is 42.3. The number of thiophene rings is 2. The van der Waals surface area contributed by atoms with Crippen LogP contribution in [-0.2, 0) is 36.5 Å². The maximum atomic E-state index is 14.7. The number of nitrogens with zero attached hydrogens (tertiary/aromatic N) is 1. The maximum Gasteiger partial charge on any atom is 0.418 e. The summed E-state index contributed by atoms with van der Waals surface area (Å²) >= 11 is 3.07. The number of halogens is 3. The van der Waals surface area contributed by atoms with E-state index in [0.717, 1.165) is 101 Å². The molecule has 9 heteroatoms. The molecule has 3 heterocycles. The fraction of sp³-hybridized carbons (Fsp3) is 0.263. The van der Waals surface area contributed by atoms with Gasteiger partial charge in [-0.1, -0.05) is 156 Å². The van der Waals surface area contributed by atoms with Crippen LogP contribution in [0.5, 0.6) is 0 Å². The van der Waals surface area contributed by atoms with Crippen LogP contribution >= 0.6 is 22.7 Å². The molecule has 0 atom stereocenters. The van der Waals surface area contributed by atoms with Crippen LogP contribution in [0.25, 0.3) is 85.7 Å². The van der Waals surface area contributed by atoms with Crippen molar-refractivity contribution in [1.82, 2.24) is 4.98 Å². The Bertz CT molecular complexity index is 3070. The third-order valence-electron chi connectivity index (χ3n) is 12.7. The quantitative estimate of drug-likeness (QED) is 0.0890. The Kier molecular flexibility index (Phi) is 14.7. The van der Waals surface area contributed by atoms with Crippen molar-refractivity contribution < 1.29 is 43.2 Å². The Morgan fingerprint density at radius 1 is 0.682 bits per heavy atom. The van der Waals surface area contributed by atoms with Gasteiger partial charge in [-0.15, -0.1) is 51.8 Å². The Labute approximate surface area is 407 Å². The molecule has 0 aliphatic heterocycles. The monoisotopic (exact) mass is 1100 g/mol. The van der Waals surface area contributed by atoms with Crippen molar-refractivity contribution >= 4 is 48.6 Å². The van der Waals surface area contributed by atoms with E-state index in [9.17, 15) is 23.1 Å². The van der Waals surface area contributed by atoms with Crippen LogP contribution in [0.4, 0.5) is 13.2 Å². The second-order valence-electron chi connectivity index (χ2n) is 17.8. The number of carbonyl (C=O) groups is 1. The molecule has 0 fully saturated rings. The molecule has 8 aromatic rings. The molecule has 3 aromatic heterocycles. The van der Waals surface area contributed by atoms with E-state index in [2.05, 4.69) is 105 Å². The molecule has 9 rings (SSSR count). The van der Waals surface area contributed by atoms with E-state index in [-0.39, 0.29) is 54.5 Å². The molecule has 5 aromatic carbocycles. The summed E-state index contributed by atoms with van der Waals surface area (Å²) in [5, 5.41) is 11.7. The smallest absolute Gasteiger partial charge is 0.418 e. The first-order valence-corrected chi connectivity index (χ1v) is 24.1. The Morgan fingerprint density at radius 3 is 1.79 bits per heavy atom. The molecule has 0 spiro atoms. The van der Waals surface area contributed by atoms with E-state index >= 15 is 0 Å². The van der Waals surface area contributed by atoms with Gasteiger partial charge in [-0.25, -0.2) is 0 Å². The molecular formula is C57H53F3IrNO2S2-. The van der Waals surface area contributed by atoms with E-state index in [0.29, 0.717) is 16.1 Å². The SMILES string of the molecule is CC(C)(C)c1cc(-c2cc(-c3cc4sc5c(c4s3)-c3ccccc3-c3ccccc3-c3ccccc3-5)c(C(F)(F)F)cn2)[c-]c2ccccc12.CCC(CC)C(=O)/C=C(\O)C(CC)CC.[Ir]. The van der Waals surface area contributed by atoms with Gasteiger partial charge in [0, 0.05) is 81.1 Å². The van der Waals surface area contributed by atoms with Crippen molar-refractivity contribution in [1.29, 1.82) is 0 Å². The summed E-state index contributed by atoms with van der Waals surface area (Å²) in [5.41, 5.74) is 9.27. The number of fused-ring (bicyclic) bond motifs is 11. The largest absolute Gasteiger partial charge is 0.512 e. The molecular weight excluding hydrogens is 1040 g/mol. The minimum Gasteiger partial charge on any atom is -0.512 e. The second-order valence-corrected chi connectivity index (χ2v) is 19.9. The Morgan fingerprint density at radius 2 is 1.21 bits per heavy atom. The number of benzene rings is 5. The van der Waals surface area contributed by atoms with Crippen molar-refractivity contribution in [3.8, 4) is 65.5 Å². The number of carbonyl (C=O) groups excluding carboxylic acids is 1. The van der Waals surface area contributed by atoms with Crippen LogP contribution in [0, 0.1) is 17.9 Å². The molecule has 66 heavy (non-hydrogen) atoms. The van der Waals surface area contributed by atoms with Crippen LogP contribution in [0.2, 0.25) is 0 Å². The summed E-state index contributed by atoms with van der Waals surface area (Å²) in [4.78, 5) is 17.8. The van der Waals surface area contributed by atoms with Crippen molar-refractivity contribution in [2.24, 2.45) is 11.8 Å². The summed E-state index contributed by atoms with van der Waals surface area (Å²) in [5.74, 6) is 0.547. The van der Waals surface area contributed by atoms with Gasteiger partial charge in [0.25, 0.3) is 0 Å². The number of pyridine rings is 1. The van der Waals surface area contributed by atoms with Crippen LogP contribution in [-0.4, -0.2) is 15.9 Å². The van der Waals surface area contributed by atoms with Crippen molar-refractivity contribution in [3.63, 3.8) is 0 Å². The zero-order chi connectivity index (χ0) is 46.2. The number of aliphatic hydroxyl groups excluding tert-OH is 1. The van der Waals surface area contributed by atoms with Gasteiger partial charge in [0.2, 0.25) is 0 Å². The number of hydrogen-bond donors (Lipinski definition) is 1. The molecule has 1 radical (unpaired) electrons. The van der Waals surface area contributed by atoms with Gasteiger partial charge in [0.15, 0.2) is 5.78 Å². The Balaban J connectivity index is 0.000000351. The normalized spacial score (nSPS) is 12.4. The van der Waals surface area contributed by atoms with Crippen LogP contribution in [0.3, 0.4) is 0 Å². The first-order valence-electron chi connectivity index (χ1n) is 22.5. The predicted octanol–water partition coefficient (Wildman–Crippen LogP) is 17.8. The molecule has 0 unspecified atom stereocenters. The first kappa shape index (κ1) is 48.7. The third kappa shape index (κ3) is 9.51. The third-order valence-corrected chi connectivity index (χ3v) is 15.1. The fourth-order valence-electron chi connectivity index (χ4n) is 9.06. The fourth-order valence-corrected chi connectivity index (χ4v) is 11.8. The number of hydrogen-bond acceptors (Lipinski definition) is 5. The van der Waals surface area contributed by atoms with Gasteiger partial charge in [0.1, 0.15) is 0 Å². The van der Waals surface area contributed by atoms with E-state index in [4.69, 9.17) is 0 Å². The van der Waals surface area contributed by atoms with Crippen molar-refractivity contribution in [2.45, 2.75) is 85.7 Å². The molecule has 1 N–H and O–H groups in total. The average molecular weight is 1100 g/mol. The number of aromatic nitrogens is 1. The molecule has 0 saturated carbocycles. The molecule has 341 valence electrons. The van der Waals surface area contributed by atoms with Gasteiger partial charge in [-0.05, 0) is 65.0 Å². The molecule has 1 aliphatic carbocycles. The average Bonchev–Trinajstić information content (AvgIpc) is 3.87. The van der Waals surface area contributed by atoms with Gasteiger partial charge in [-0.2, -0.15) is 13.2 Å². The summed E-state index contributed by atoms with van der Waals surface area (Å²) in [6.45, 7) is 14.5. The van der Waals surface area contributed by atoms with Crippen LogP contribution in [0.1, 0.15) is 85.3 Å². The number of ketones is 1. The van der Waals surface area contributed by atoms with E-state index in [1.807, 2.05) is 64.1 Å². The van der Waals surface area contributed by atoms with E-state index < -0.39 is 11.7 Å². The predicted molar refractivity (Wildman–Crippen MR) is 268 cm³/mol. The van der Waals surface area contributed by atoms with Gasteiger partial charge >= 0.3 is 6.18 Å². The number of rotatable bonds is 9. The first-order chi connectivity index (χ1) is 31.2. The van der Waals surface area contributed by atoms with Crippen LogP contribution < -0.4 is 0 Å². The maximum absolute atomic E-state index is 14.7. The molecule has 0 amide bonds. The minimum atomic E-state index is -4.58. The summed E-state index contributed by atoms with van der Waals surface area (Å²) < 4.78 is 46.1. The topological polar surface area (TPSA) is 50.2 Å². The Hall–Kier alpha value is -5.18. The second kappa shape index (κ2) is 20.0. The summed E-state index contributed by atoms with van der Waals surface area (Å²) in [7, 11) is 0. The molecule has 0 bridgehead atoms. The number of aliphatic hydroxyl groups is 1. The van der Waals surface area contributed by atoms with Crippen molar-refractivity contribution in [3.05, 3.63) is 150 Å². The van der Waals surface area contributed by atoms with Crippen molar-refractivity contribution in [2.75, 3.05) is 0 Å².